The molecule has 106 valence electrons. The van der Waals surface area contributed by atoms with Gasteiger partial charge in [0.05, 0.1) is 6.10 Å². The van der Waals surface area contributed by atoms with Gasteiger partial charge in [0.15, 0.2) is 0 Å². The highest BCUT2D eigenvalue weighted by atomic mass is 32.2. The van der Waals surface area contributed by atoms with Crippen LogP contribution in [-0.2, 0) is 0 Å². The van der Waals surface area contributed by atoms with E-state index in [-0.39, 0.29) is 6.10 Å². The van der Waals surface area contributed by atoms with Gasteiger partial charge < -0.3 is 10.1 Å². The van der Waals surface area contributed by atoms with Gasteiger partial charge in [-0.3, -0.25) is 0 Å². The summed E-state index contributed by atoms with van der Waals surface area (Å²) in [5.41, 5.74) is 0. The highest BCUT2D eigenvalue weighted by Crippen LogP contribution is 2.40. The first-order valence-corrected chi connectivity index (χ1v) is 8.15. The summed E-state index contributed by atoms with van der Waals surface area (Å²) in [6.07, 6.45) is 9.31. The van der Waals surface area contributed by atoms with E-state index in [9.17, 15) is 0 Å². The first-order valence-electron chi connectivity index (χ1n) is 6.92. The van der Waals surface area contributed by atoms with Gasteiger partial charge in [0.1, 0.15) is 0 Å². The molecule has 1 fully saturated rings. The van der Waals surface area contributed by atoms with Crippen molar-refractivity contribution in [2.75, 3.05) is 18.1 Å². The topological polar surface area (TPSA) is 47.0 Å². The van der Waals surface area contributed by atoms with E-state index in [0.717, 1.165) is 6.54 Å². The molecule has 0 unspecified atom stereocenters. The summed E-state index contributed by atoms with van der Waals surface area (Å²) in [5.74, 6) is 1.30. The van der Waals surface area contributed by atoms with Crippen LogP contribution in [0.1, 0.15) is 39.5 Å². The summed E-state index contributed by atoms with van der Waals surface area (Å²) in [4.78, 5) is 8.65. The van der Waals surface area contributed by atoms with Crippen molar-refractivity contribution in [1.29, 1.82) is 0 Å². The quantitative estimate of drug-likeness (QED) is 0.866. The summed E-state index contributed by atoms with van der Waals surface area (Å²) in [6.45, 7) is 4.92. The van der Waals surface area contributed by atoms with Crippen LogP contribution in [0.2, 0.25) is 0 Å². The van der Waals surface area contributed by atoms with E-state index in [4.69, 9.17) is 4.74 Å². The van der Waals surface area contributed by atoms with Crippen molar-refractivity contribution in [3.63, 3.8) is 0 Å². The van der Waals surface area contributed by atoms with Crippen LogP contribution in [-0.4, -0.2) is 33.6 Å². The Hall–Kier alpha value is -0.970. The molecule has 2 rings (SSSR count). The number of aromatic nitrogens is 2. The number of ether oxygens (including phenoxy) is 1. The fourth-order valence-corrected chi connectivity index (χ4v) is 3.36. The van der Waals surface area contributed by atoms with E-state index >= 15 is 0 Å². The number of nitrogens with zero attached hydrogens (tertiary/aromatic N) is 2. The van der Waals surface area contributed by atoms with Crippen molar-refractivity contribution in [2.24, 2.45) is 0 Å². The van der Waals surface area contributed by atoms with Crippen LogP contribution in [0.3, 0.4) is 0 Å². The first-order chi connectivity index (χ1) is 9.13. The van der Waals surface area contributed by atoms with Gasteiger partial charge >= 0.3 is 0 Å². The lowest BCUT2D eigenvalue weighted by atomic mass is 10.1. The molecule has 1 aromatic heterocycles. The van der Waals surface area contributed by atoms with Gasteiger partial charge in [-0.05, 0) is 32.9 Å². The highest BCUT2D eigenvalue weighted by Gasteiger charge is 2.32. The maximum atomic E-state index is 5.58. The molecule has 1 N–H and O–H groups in total. The number of anilines is 1. The van der Waals surface area contributed by atoms with E-state index in [2.05, 4.69) is 21.5 Å². The van der Waals surface area contributed by atoms with Gasteiger partial charge in [-0.25, -0.2) is 4.98 Å². The molecule has 19 heavy (non-hydrogen) atoms. The Kier molecular flexibility index (Phi) is 4.91. The van der Waals surface area contributed by atoms with Crippen LogP contribution in [0.5, 0.6) is 5.88 Å². The maximum absolute atomic E-state index is 5.58. The summed E-state index contributed by atoms with van der Waals surface area (Å²) >= 11 is 1.96. The molecule has 0 aliphatic heterocycles. The van der Waals surface area contributed by atoms with Gasteiger partial charge in [-0.2, -0.15) is 16.7 Å². The summed E-state index contributed by atoms with van der Waals surface area (Å²) in [7, 11) is 0. The molecule has 0 bridgehead atoms. The number of thioether (sulfide) groups is 1. The van der Waals surface area contributed by atoms with Gasteiger partial charge in [0.2, 0.25) is 11.8 Å². The average molecular weight is 281 g/mol. The molecule has 0 aromatic carbocycles. The Balaban J connectivity index is 1.95. The average Bonchev–Trinajstić information content (AvgIpc) is 2.86. The summed E-state index contributed by atoms with van der Waals surface area (Å²) in [5, 5.41) is 3.37. The Bertz CT molecular complexity index is 405. The molecule has 0 atom stereocenters. The summed E-state index contributed by atoms with van der Waals surface area (Å²) in [6, 6.07) is 1.80. The minimum Gasteiger partial charge on any atom is -0.475 e. The number of hydrogen-bond donors (Lipinski definition) is 1. The van der Waals surface area contributed by atoms with Crippen LogP contribution in [0.4, 0.5) is 5.95 Å². The third kappa shape index (κ3) is 4.00. The molecule has 0 amide bonds. The Labute approximate surface area is 119 Å². The van der Waals surface area contributed by atoms with Crippen molar-refractivity contribution in [1.82, 2.24) is 9.97 Å². The third-order valence-electron chi connectivity index (χ3n) is 3.50. The Morgan fingerprint density at radius 1 is 1.42 bits per heavy atom. The number of nitrogens with one attached hydrogen (secondary N) is 1. The van der Waals surface area contributed by atoms with E-state index in [0.29, 0.717) is 16.6 Å². The Morgan fingerprint density at radius 2 is 2.16 bits per heavy atom. The standard InChI is InChI=1S/C14H23N3OS/c1-11(2)18-12-6-9-15-13(17-12)16-10-14(19-3)7-4-5-8-14/h6,9,11H,4-5,7-8,10H2,1-3H3,(H,15,16,17). The minimum absolute atomic E-state index is 0.134. The molecule has 1 aliphatic rings. The fraction of sp³-hybridized carbons (Fsp3) is 0.714. The molecule has 4 nitrogen and oxygen atoms in total. The molecule has 5 heteroatoms. The second-order valence-electron chi connectivity index (χ2n) is 5.33. The fourth-order valence-electron chi connectivity index (χ4n) is 2.45. The van der Waals surface area contributed by atoms with Crippen LogP contribution < -0.4 is 10.1 Å². The second-order valence-corrected chi connectivity index (χ2v) is 6.61. The SMILES string of the molecule is CSC1(CNc2nccc(OC(C)C)n2)CCCC1. The maximum Gasteiger partial charge on any atom is 0.225 e. The zero-order valence-corrected chi connectivity index (χ0v) is 12.8. The zero-order chi connectivity index (χ0) is 13.7. The summed E-state index contributed by atoms with van der Waals surface area (Å²) < 4.78 is 5.94. The smallest absolute Gasteiger partial charge is 0.225 e. The molecule has 1 aromatic rings. The van der Waals surface area contributed by atoms with Crippen molar-refractivity contribution < 1.29 is 4.74 Å². The van der Waals surface area contributed by atoms with Gasteiger partial charge in [0, 0.05) is 23.6 Å². The molecule has 1 saturated carbocycles. The zero-order valence-electron chi connectivity index (χ0n) is 12.0. The Morgan fingerprint density at radius 3 is 2.79 bits per heavy atom. The van der Waals surface area contributed by atoms with Crippen LogP contribution in [0, 0.1) is 0 Å². The lowest BCUT2D eigenvalue weighted by molar-refractivity contribution is 0.232. The van der Waals surface area contributed by atoms with E-state index < -0.39 is 0 Å². The monoisotopic (exact) mass is 281 g/mol. The second kappa shape index (κ2) is 6.46. The lowest BCUT2D eigenvalue weighted by Crippen LogP contribution is -2.30. The van der Waals surface area contributed by atoms with Crippen LogP contribution >= 0.6 is 11.8 Å². The van der Waals surface area contributed by atoms with Crippen LogP contribution in [0.15, 0.2) is 12.3 Å². The van der Waals surface area contributed by atoms with E-state index in [1.54, 1.807) is 12.3 Å². The van der Waals surface area contributed by atoms with Crippen molar-refractivity contribution in [3.05, 3.63) is 12.3 Å². The highest BCUT2D eigenvalue weighted by molar-refractivity contribution is 8.00. The largest absolute Gasteiger partial charge is 0.475 e. The number of hydrogen-bond acceptors (Lipinski definition) is 5. The molecule has 1 heterocycles. The van der Waals surface area contributed by atoms with Crippen molar-refractivity contribution in [2.45, 2.75) is 50.4 Å². The van der Waals surface area contributed by atoms with Crippen molar-refractivity contribution >= 4 is 17.7 Å². The third-order valence-corrected chi connectivity index (χ3v) is 4.92. The first kappa shape index (κ1) is 14.4. The normalized spacial score (nSPS) is 17.7. The predicted octanol–water partition coefficient (Wildman–Crippen LogP) is 3.35. The molecule has 0 radical (unpaired) electrons. The lowest BCUT2D eigenvalue weighted by Gasteiger charge is -2.26. The molecule has 0 spiro atoms. The van der Waals surface area contributed by atoms with Crippen molar-refractivity contribution in [3.8, 4) is 5.88 Å². The van der Waals surface area contributed by atoms with E-state index in [1.165, 1.54) is 25.7 Å². The van der Waals surface area contributed by atoms with E-state index in [1.807, 2.05) is 25.6 Å². The number of rotatable bonds is 6. The van der Waals surface area contributed by atoms with Crippen LogP contribution in [0.25, 0.3) is 0 Å². The van der Waals surface area contributed by atoms with Gasteiger partial charge in [0.25, 0.3) is 0 Å². The van der Waals surface area contributed by atoms with Gasteiger partial charge in [-0.1, -0.05) is 12.8 Å². The molecular weight excluding hydrogens is 258 g/mol. The molecule has 0 saturated heterocycles. The molecule has 1 aliphatic carbocycles. The van der Waals surface area contributed by atoms with Gasteiger partial charge in [-0.15, -0.1) is 0 Å². The molecular formula is C14H23N3OS. The predicted molar refractivity (Wildman–Crippen MR) is 81.0 cm³/mol. The minimum atomic E-state index is 0.134.